The molecule has 2 amide bonds. The first kappa shape index (κ1) is 18.4. The number of aliphatic hydroxyl groups is 4. The van der Waals surface area contributed by atoms with E-state index in [0.717, 1.165) is 4.90 Å². The molecule has 1 aromatic rings. The Morgan fingerprint density at radius 1 is 1.08 bits per heavy atom. The molecular weight excluding hydrogens is 350 g/mol. The van der Waals surface area contributed by atoms with Crippen molar-refractivity contribution in [3.63, 3.8) is 0 Å². The highest BCUT2D eigenvalue weighted by Gasteiger charge is 2.55. The van der Waals surface area contributed by atoms with Gasteiger partial charge >= 0.3 is 5.97 Å². The molecule has 1 aromatic carbocycles. The van der Waals surface area contributed by atoms with Crippen LogP contribution in [-0.4, -0.2) is 85.0 Å². The minimum absolute atomic E-state index is 0.188. The molecule has 2 aliphatic heterocycles. The Labute approximate surface area is 146 Å². The highest BCUT2D eigenvalue weighted by atomic mass is 16.7. The van der Waals surface area contributed by atoms with E-state index in [0.29, 0.717) is 0 Å². The van der Waals surface area contributed by atoms with E-state index in [1.54, 1.807) is 12.1 Å². The first-order valence-corrected chi connectivity index (χ1v) is 7.80. The summed E-state index contributed by atoms with van der Waals surface area (Å²) in [7, 11) is 0. The quantitative estimate of drug-likeness (QED) is 0.376. The molecule has 0 spiro atoms. The molecule has 10 nitrogen and oxygen atoms in total. The highest BCUT2D eigenvalue weighted by Crippen LogP contribution is 2.32. The second-order valence-corrected chi connectivity index (χ2v) is 6.21. The van der Waals surface area contributed by atoms with Crippen LogP contribution in [0.1, 0.15) is 27.1 Å². The van der Waals surface area contributed by atoms with Crippen LogP contribution in [-0.2, 0) is 9.53 Å². The molecule has 10 heteroatoms. The normalized spacial score (nSPS) is 34.1. The van der Waals surface area contributed by atoms with Gasteiger partial charge in [-0.3, -0.25) is 14.5 Å². The summed E-state index contributed by atoms with van der Waals surface area (Å²) in [4.78, 5) is 36.5. The van der Waals surface area contributed by atoms with Gasteiger partial charge in [0, 0.05) is 13.0 Å². The fourth-order valence-corrected chi connectivity index (χ4v) is 3.11. The van der Waals surface area contributed by atoms with Crippen molar-refractivity contribution in [3.05, 3.63) is 35.4 Å². The van der Waals surface area contributed by atoms with E-state index < -0.39 is 61.0 Å². The molecule has 1 saturated heterocycles. The van der Waals surface area contributed by atoms with Crippen LogP contribution in [0.2, 0.25) is 0 Å². The largest absolute Gasteiger partial charge is 0.479 e. The standard InChI is InChI=1S/C16H17NO9/c18-9-10(19)12(20)16(25,26-11(9)15(23)24)5-6-17-13(21)7-3-1-2-4-8(7)14(17)22/h1-4,9-12,18-20,25H,5-6H2,(H,23,24)/t9-,10-,11-,12+,16+/m0/s1. The maximum Gasteiger partial charge on any atom is 0.335 e. The molecule has 1 fully saturated rings. The summed E-state index contributed by atoms with van der Waals surface area (Å²) in [5.41, 5.74) is 0.377. The Morgan fingerprint density at radius 2 is 1.62 bits per heavy atom. The van der Waals surface area contributed by atoms with E-state index in [9.17, 15) is 34.8 Å². The van der Waals surface area contributed by atoms with Crippen molar-refractivity contribution in [1.29, 1.82) is 0 Å². The summed E-state index contributed by atoms with van der Waals surface area (Å²) in [6.45, 7) is -0.394. The van der Waals surface area contributed by atoms with Crippen molar-refractivity contribution in [1.82, 2.24) is 4.90 Å². The van der Waals surface area contributed by atoms with Gasteiger partial charge in [0.15, 0.2) is 11.9 Å². The van der Waals surface area contributed by atoms with Crippen LogP contribution in [0, 0.1) is 0 Å². The van der Waals surface area contributed by atoms with Gasteiger partial charge in [-0.2, -0.15) is 0 Å². The monoisotopic (exact) mass is 367 g/mol. The number of aliphatic hydroxyl groups excluding tert-OH is 3. The summed E-state index contributed by atoms with van der Waals surface area (Å²) in [6.07, 6.45) is -8.53. The fraction of sp³-hybridized carbons (Fsp3) is 0.438. The Bertz CT molecular complexity index is 731. The third-order valence-corrected chi connectivity index (χ3v) is 4.59. The molecule has 0 bridgehead atoms. The number of amides is 2. The third-order valence-electron chi connectivity index (χ3n) is 4.59. The lowest BCUT2D eigenvalue weighted by Gasteiger charge is -2.44. The Morgan fingerprint density at radius 3 is 2.12 bits per heavy atom. The van der Waals surface area contributed by atoms with E-state index >= 15 is 0 Å². The number of rotatable bonds is 4. The summed E-state index contributed by atoms with van der Waals surface area (Å²) >= 11 is 0. The number of aliphatic carboxylic acids is 1. The molecule has 26 heavy (non-hydrogen) atoms. The van der Waals surface area contributed by atoms with Gasteiger partial charge in [-0.05, 0) is 12.1 Å². The summed E-state index contributed by atoms with van der Waals surface area (Å²) in [6, 6.07) is 6.11. The molecule has 0 unspecified atom stereocenters. The number of imide groups is 1. The molecule has 0 radical (unpaired) electrons. The second-order valence-electron chi connectivity index (χ2n) is 6.21. The average molecular weight is 367 g/mol. The molecule has 0 saturated carbocycles. The van der Waals surface area contributed by atoms with E-state index in [4.69, 9.17) is 9.84 Å². The van der Waals surface area contributed by atoms with E-state index in [2.05, 4.69) is 0 Å². The van der Waals surface area contributed by atoms with Crippen LogP contribution < -0.4 is 0 Å². The van der Waals surface area contributed by atoms with Crippen LogP contribution in [0.3, 0.4) is 0 Å². The number of carbonyl (C=O) groups is 3. The number of nitrogens with zero attached hydrogens (tertiary/aromatic N) is 1. The smallest absolute Gasteiger partial charge is 0.335 e. The zero-order valence-corrected chi connectivity index (χ0v) is 13.3. The number of carbonyl (C=O) groups excluding carboxylic acids is 2. The highest BCUT2D eigenvalue weighted by molar-refractivity contribution is 6.21. The number of carboxylic acid groups (broad SMARTS) is 1. The van der Waals surface area contributed by atoms with Gasteiger partial charge in [0.1, 0.15) is 18.3 Å². The Balaban J connectivity index is 1.77. The van der Waals surface area contributed by atoms with Gasteiger partial charge in [-0.25, -0.2) is 4.79 Å². The predicted octanol–water partition coefficient (Wildman–Crippen LogP) is -2.07. The van der Waals surface area contributed by atoms with Gasteiger partial charge in [0.2, 0.25) is 0 Å². The van der Waals surface area contributed by atoms with Crippen LogP contribution in [0.5, 0.6) is 0 Å². The van der Waals surface area contributed by atoms with Crippen molar-refractivity contribution < 1.29 is 44.7 Å². The summed E-state index contributed by atoms with van der Waals surface area (Å²) in [5, 5.41) is 48.9. The predicted molar refractivity (Wildman–Crippen MR) is 81.9 cm³/mol. The minimum Gasteiger partial charge on any atom is -0.479 e. The molecule has 5 atom stereocenters. The van der Waals surface area contributed by atoms with E-state index in [1.165, 1.54) is 12.1 Å². The minimum atomic E-state index is -2.57. The first-order valence-electron chi connectivity index (χ1n) is 7.80. The Hall–Kier alpha value is -2.37. The van der Waals surface area contributed by atoms with Gasteiger partial charge < -0.3 is 30.3 Å². The topological polar surface area (TPSA) is 165 Å². The van der Waals surface area contributed by atoms with Crippen LogP contribution >= 0.6 is 0 Å². The number of benzene rings is 1. The van der Waals surface area contributed by atoms with Gasteiger partial charge in [0.25, 0.3) is 11.8 Å². The number of ether oxygens (including phenoxy) is 1. The lowest BCUT2D eigenvalue weighted by atomic mass is 9.90. The molecule has 0 aromatic heterocycles. The summed E-state index contributed by atoms with van der Waals surface area (Å²) in [5.74, 6) is -5.43. The fourth-order valence-electron chi connectivity index (χ4n) is 3.11. The summed E-state index contributed by atoms with van der Waals surface area (Å²) < 4.78 is 4.88. The molecule has 140 valence electrons. The van der Waals surface area contributed by atoms with Crippen molar-refractivity contribution in [2.75, 3.05) is 6.54 Å². The van der Waals surface area contributed by atoms with Crippen molar-refractivity contribution in [2.45, 2.75) is 36.6 Å². The maximum atomic E-state index is 12.3. The van der Waals surface area contributed by atoms with Gasteiger partial charge in [-0.1, -0.05) is 12.1 Å². The number of fused-ring (bicyclic) bond motifs is 1. The van der Waals surface area contributed by atoms with Crippen molar-refractivity contribution in [2.24, 2.45) is 0 Å². The van der Waals surface area contributed by atoms with Crippen LogP contribution in [0.25, 0.3) is 0 Å². The zero-order valence-electron chi connectivity index (χ0n) is 13.3. The van der Waals surface area contributed by atoms with Crippen molar-refractivity contribution >= 4 is 17.8 Å². The van der Waals surface area contributed by atoms with Crippen LogP contribution in [0.4, 0.5) is 0 Å². The molecule has 2 aliphatic rings. The molecule has 2 heterocycles. The molecule has 5 N–H and O–H groups in total. The number of hydrogen-bond donors (Lipinski definition) is 5. The zero-order chi connectivity index (χ0) is 19.2. The van der Waals surface area contributed by atoms with Crippen LogP contribution in [0.15, 0.2) is 24.3 Å². The lowest BCUT2D eigenvalue weighted by Crippen LogP contribution is -2.66. The number of hydrogen-bond acceptors (Lipinski definition) is 8. The maximum absolute atomic E-state index is 12.3. The SMILES string of the molecule is O=C(O)[C@H]1O[C@](O)(CCN2C(=O)c3ccccc3C2=O)[C@H](O)[C@@H](O)[C@@H]1O. The number of carboxylic acids is 1. The second kappa shape index (κ2) is 6.41. The Kier molecular flexibility index (Phi) is 4.54. The third kappa shape index (κ3) is 2.77. The molecule has 3 rings (SSSR count). The van der Waals surface area contributed by atoms with Gasteiger partial charge in [0.05, 0.1) is 11.1 Å². The molecule has 0 aliphatic carbocycles. The first-order chi connectivity index (χ1) is 12.2. The lowest BCUT2D eigenvalue weighted by molar-refractivity contribution is -0.343. The van der Waals surface area contributed by atoms with Gasteiger partial charge in [-0.15, -0.1) is 0 Å². The van der Waals surface area contributed by atoms with E-state index in [1.807, 2.05) is 0 Å². The average Bonchev–Trinajstić information content (AvgIpc) is 2.86. The molecular formula is C16H17NO9. The van der Waals surface area contributed by atoms with E-state index in [-0.39, 0.29) is 11.1 Å². The van der Waals surface area contributed by atoms with Crippen molar-refractivity contribution in [3.8, 4) is 0 Å².